The molecule has 31 heavy (non-hydrogen) atoms. The first kappa shape index (κ1) is 20.6. The van der Waals surface area contributed by atoms with Crippen LogP contribution in [0, 0.1) is 10.1 Å². The van der Waals surface area contributed by atoms with Crippen molar-refractivity contribution in [2.45, 2.75) is 13.0 Å². The molecular formula is C21H22N4O6. The summed E-state index contributed by atoms with van der Waals surface area (Å²) in [4.78, 5) is 40.3. The average Bonchev–Trinajstić information content (AvgIpc) is 3.11. The number of nitro groups is 1. The van der Waals surface area contributed by atoms with Crippen molar-refractivity contribution in [2.75, 3.05) is 37.8 Å². The third-order valence-electron chi connectivity index (χ3n) is 5.20. The molecule has 1 saturated heterocycles. The van der Waals surface area contributed by atoms with Gasteiger partial charge in [0.05, 0.1) is 47.0 Å². The molecule has 0 radical (unpaired) electrons. The standard InChI is InChI=1S/C21H22N4O6/c26-20(31-11-3-8-24-19-5-2-1-4-17(19)22-21(24)27)16-14-15(25(28)29)6-7-18(16)23-9-12-30-13-10-23/h1-2,4-7,14H,3,8-13H2,(H,22,27). The smallest absolute Gasteiger partial charge is 0.340 e. The number of para-hydroxylation sites is 2. The molecule has 162 valence electrons. The van der Waals surface area contributed by atoms with E-state index in [0.29, 0.717) is 45.0 Å². The molecule has 0 unspecified atom stereocenters. The van der Waals surface area contributed by atoms with Crippen LogP contribution in [0.2, 0.25) is 0 Å². The summed E-state index contributed by atoms with van der Waals surface area (Å²) in [5.74, 6) is -0.628. The minimum atomic E-state index is -0.628. The molecule has 0 spiro atoms. The van der Waals surface area contributed by atoms with Gasteiger partial charge in [-0.15, -0.1) is 0 Å². The molecule has 1 fully saturated rings. The number of benzene rings is 2. The Balaban J connectivity index is 1.45. The van der Waals surface area contributed by atoms with Crippen molar-refractivity contribution in [3.8, 4) is 0 Å². The first-order chi connectivity index (χ1) is 15.0. The van der Waals surface area contributed by atoms with Gasteiger partial charge in [-0.05, 0) is 24.6 Å². The molecule has 1 N–H and O–H groups in total. The summed E-state index contributed by atoms with van der Waals surface area (Å²) in [5.41, 5.74) is 1.88. The number of ether oxygens (including phenoxy) is 2. The van der Waals surface area contributed by atoms with E-state index in [9.17, 15) is 19.7 Å². The number of imidazole rings is 1. The molecular weight excluding hydrogens is 404 g/mol. The number of non-ortho nitro benzene ring substituents is 1. The maximum atomic E-state index is 12.7. The van der Waals surface area contributed by atoms with Crippen LogP contribution in [0.3, 0.4) is 0 Å². The number of aryl methyl sites for hydroxylation is 1. The van der Waals surface area contributed by atoms with Crippen molar-refractivity contribution in [3.05, 3.63) is 68.6 Å². The average molecular weight is 426 g/mol. The van der Waals surface area contributed by atoms with Gasteiger partial charge >= 0.3 is 11.7 Å². The van der Waals surface area contributed by atoms with E-state index in [-0.39, 0.29) is 23.5 Å². The number of hydrogen-bond donors (Lipinski definition) is 1. The molecule has 0 bridgehead atoms. The topological polar surface area (TPSA) is 120 Å². The highest BCUT2D eigenvalue weighted by Crippen LogP contribution is 2.27. The zero-order chi connectivity index (χ0) is 21.8. The number of carbonyl (C=O) groups is 1. The number of esters is 1. The van der Waals surface area contributed by atoms with Crippen LogP contribution in [0.4, 0.5) is 11.4 Å². The summed E-state index contributed by atoms with van der Waals surface area (Å²) >= 11 is 0. The Morgan fingerprint density at radius 2 is 1.97 bits per heavy atom. The van der Waals surface area contributed by atoms with Crippen LogP contribution in [-0.2, 0) is 16.0 Å². The second-order valence-corrected chi connectivity index (χ2v) is 7.15. The molecule has 1 aliphatic heterocycles. The molecule has 10 heteroatoms. The van der Waals surface area contributed by atoms with E-state index in [1.807, 2.05) is 29.2 Å². The molecule has 1 aliphatic rings. The van der Waals surface area contributed by atoms with Gasteiger partial charge in [-0.2, -0.15) is 0 Å². The van der Waals surface area contributed by atoms with Crippen LogP contribution in [0.1, 0.15) is 16.8 Å². The number of anilines is 1. The van der Waals surface area contributed by atoms with Crippen molar-refractivity contribution < 1.29 is 19.2 Å². The Bertz CT molecular complexity index is 1160. The molecule has 2 heterocycles. The Morgan fingerprint density at radius 3 is 2.74 bits per heavy atom. The van der Waals surface area contributed by atoms with Crippen molar-refractivity contribution >= 4 is 28.4 Å². The number of H-pyrrole nitrogens is 1. The Kier molecular flexibility index (Phi) is 5.99. The van der Waals surface area contributed by atoms with E-state index in [4.69, 9.17) is 9.47 Å². The van der Waals surface area contributed by atoms with Crippen LogP contribution in [0.5, 0.6) is 0 Å². The summed E-state index contributed by atoms with van der Waals surface area (Å²) in [6, 6.07) is 11.6. The highest BCUT2D eigenvalue weighted by molar-refractivity contribution is 5.96. The molecule has 3 aromatic rings. The van der Waals surface area contributed by atoms with Crippen molar-refractivity contribution in [1.29, 1.82) is 0 Å². The normalized spacial score (nSPS) is 14.0. The number of hydrogen-bond acceptors (Lipinski definition) is 7. The van der Waals surface area contributed by atoms with Gasteiger partial charge in [-0.1, -0.05) is 12.1 Å². The molecule has 0 atom stereocenters. The first-order valence-electron chi connectivity index (χ1n) is 10.0. The lowest BCUT2D eigenvalue weighted by Gasteiger charge is -2.30. The van der Waals surface area contributed by atoms with Crippen LogP contribution in [-0.4, -0.2) is 53.4 Å². The Morgan fingerprint density at radius 1 is 1.19 bits per heavy atom. The Labute approximate surface area is 177 Å². The first-order valence-corrected chi connectivity index (χ1v) is 10.0. The fourth-order valence-corrected chi connectivity index (χ4v) is 3.68. The number of nitro benzene ring substituents is 1. The third-order valence-corrected chi connectivity index (χ3v) is 5.20. The van der Waals surface area contributed by atoms with Gasteiger partial charge in [-0.3, -0.25) is 14.7 Å². The molecule has 0 saturated carbocycles. The maximum Gasteiger partial charge on any atom is 0.340 e. The van der Waals surface area contributed by atoms with Gasteiger partial charge in [0.2, 0.25) is 0 Å². The largest absolute Gasteiger partial charge is 0.462 e. The van der Waals surface area contributed by atoms with E-state index in [1.165, 1.54) is 12.1 Å². The highest BCUT2D eigenvalue weighted by atomic mass is 16.6. The van der Waals surface area contributed by atoms with Gasteiger partial charge in [-0.25, -0.2) is 9.59 Å². The predicted octanol–water partition coefficient (Wildman–Crippen LogP) is 2.32. The number of fused-ring (bicyclic) bond motifs is 1. The summed E-state index contributed by atoms with van der Waals surface area (Å²) < 4.78 is 12.3. The van der Waals surface area contributed by atoms with Crippen LogP contribution >= 0.6 is 0 Å². The second kappa shape index (κ2) is 9.00. The highest BCUT2D eigenvalue weighted by Gasteiger charge is 2.23. The number of carbonyl (C=O) groups excluding carboxylic acids is 1. The molecule has 2 aromatic carbocycles. The van der Waals surface area contributed by atoms with E-state index in [1.54, 1.807) is 10.6 Å². The van der Waals surface area contributed by atoms with Crippen LogP contribution < -0.4 is 10.6 Å². The minimum Gasteiger partial charge on any atom is -0.462 e. The van der Waals surface area contributed by atoms with Gasteiger partial charge < -0.3 is 19.4 Å². The van der Waals surface area contributed by atoms with Gasteiger partial charge in [0.25, 0.3) is 5.69 Å². The van der Waals surface area contributed by atoms with Gasteiger partial charge in [0.1, 0.15) is 0 Å². The van der Waals surface area contributed by atoms with Gasteiger partial charge in [0.15, 0.2) is 0 Å². The van der Waals surface area contributed by atoms with Crippen LogP contribution in [0.15, 0.2) is 47.3 Å². The molecule has 0 amide bonds. The number of aromatic amines is 1. The number of nitrogens with one attached hydrogen (secondary N) is 1. The Hall–Kier alpha value is -3.66. The van der Waals surface area contributed by atoms with E-state index >= 15 is 0 Å². The van der Waals surface area contributed by atoms with Crippen molar-refractivity contribution in [2.24, 2.45) is 0 Å². The van der Waals surface area contributed by atoms with Crippen LogP contribution in [0.25, 0.3) is 11.0 Å². The molecule has 4 rings (SSSR count). The number of rotatable bonds is 7. The predicted molar refractivity (Wildman–Crippen MR) is 114 cm³/mol. The number of aromatic nitrogens is 2. The quantitative estimate of drug-likeness (QED) is 0.266. The summed E-state index contributed by atoms with van der Waals surface area (Å²) in [7, 11) is 0. The number of nitrogens with zero attached hydrogens (tertiary/aromatic N) is 3. The van der Waals surface area contributed by atoms with E-state index in [2.05, 4.69) is 4.98 Å². The third kappa shape index (κ3) is 4.43. The monoisotopic (exact) mass is 426 g/mol. The summed E-state index contributed by atoms with van der Waals surface area (Å²) in [6.45, 7) is 2.66. The lowest BCUT2D eigenvalue weighted by molar-refractivity contribution is -0.384. The van der Waals surface area contributed by atoms with Gasteiger partial charge in [0, 0.05) is 31.8 Å². The molecule has 1 aromatic heterocycles. The van der Waals surface area contributed by atoms with E-state index in [0.717, 1.165) is 11.0 Å². The molecule has 0 aliphatic carbocycles. The zero-order valence-electron chi connectivity index (χ0n) is 16.8. The molecule has 10 nitrogen and oxygen atoms in total. The fourth-order valence-electron chi connectivity index (χ4n) is 3.68. The lowest BCUT2D eigenvalue weighted by Crippen LogP contribution is -2.37. The second-order valence-electron chi connectivity index (χ2n) is 7.15. The zero-order valence-corrected chi connectivity index (χ0v) is 16.8. The summed E-state index contributed by atoms with van der Waals surface area (Å²) in [6.07, 6.45) is 0.426. The van der Waals surface area contributed by atoms with Crippen molar-refractivity contribution in [1.82, 2.24) is 9.55 Å². The lowest BCUT2D eigenvalue weighted by atomic mass is 10.1. The number of morpholine rings is 1. The van der Waals surface area contributed by atoms with Crippen molar-refractivity contribution in [3.63, 3.8) is 0 Å². The maximum absolute atomic E-state index is 12.7. The fraction of sp³-hybridized carbons (Fsp3) is 0.333. The summed E-state index contributed by atoms with van der Waals surface area (Å²) in [5, 5.41) is 11.2. The van der Waals surface area contributed by atoms with E-state index < -0.39 is 10.9 Å². The minimum absolute atomic E-state index is 0.0794. The SMILES string of the molecule is O=C(OCCCn1c(=O)[nH]c2ccccc21)c1cc([N+](=O)[O-])ccc1N1CCOCC1.